The fourth-order valence-electron chi connectivity index (χ4n) is 6.08. The van der Waals surface area contributed by atoms with E-state index in [0.29, 0.717) is 43.6 Å². The molecular formula is C30H42FN5O3. The highest BCUT2D eigenvalue weighted by molar-refractivity contribution is 5.97. The molecule has 4 heterocycles. The van der Waals surface area contributed by atoms with E-state index < -0.39 is 0 Å². The molecule has 5 atom stereocenters. The Morgan fingerprint density at radius 3 is 2.54 bits per heavy atom. The Bertz CT molecular complexity index is 1120. The van der Waals surface area contributed by atoms with E-state index >= 15 is 0 Å². The molecule has 39 heavy (non-hydrogen) atoms. The first kappa shape index (κ1) is 28.0. The van der Waals surface area contributed by atoms with Crippen molar-refractivity contribution in [3.05, 3.63) is 53.5 Å². The number of piperazine rings is 1. The molecule has 0 bridgehead atoms. The first-order valence-corrected chi connectivity index (χ1v) is 14.3. The van der Waals surface area contributed by atoms with Gasteiger partial charge in [0.1, 0.15) is 18.1 Å². The van der Waals surface area contributed by atoms with Crippen LogP contribution < -0.4 is 15.0 Å². The Hall–Kier alpha value is -2.59. The molecule has 1 aromatic carbocycles. The number of rotatable bonds is 7. The minimum atomic E-state index is -0.253. The maximum Gasteiger partial charge on any atom is 0.241 e. The summed E-state index contributed by atoms with van der Waals surface area (Å²) >= 11 is 0. The van der Waals surface area contributed by atoms with E-state index in [4.69, 9.17) is 9.47 Å². The summed E-state index contributed by atoms with van der Waals surface area (Å²) < 4.78 is 25.1. The average molecular weight is 540 g/mol. The van der Waals surface area contributed by atoms with E-state index in [9.17, 15) is 9.18 Å². The fourth-order valence-corrected chi connectivity index (χ4v) is 6.08. The number of carbonyl (C=O) groups excluding carboxylic acids is 1. The standard InChI is InChI=1S/C30H42FN5O3/c1-5-26-19-39-30-28(11-24(12-33-30)10-23-6-8-25(31)9-7-23)36(26)29(37)16-34-14-20(2)32-13-27(34)15-35-21(3)17-38-18-22(35)4/h6-9,11-12,20-22,26-27,32H,5,10,13-19H2,1-4H3/t20-,21-,22-,26?,27-/m1/s1. The van der Waals surface area contributed by atoms with Gasteiger partial charge in [-0.25, -0.2) is 9.37 Å². The predicted molar refractivity (Wildman–Crippen MR) is 150 cm³/mol. The van der Waals surface area contributed by atoms with Gasteiger partial charge in [-0.05, 0) is 62.9 Å². The minimum absolute atomic E-state index is 0.0500. The average Bonchev–Trinajstić information content (AvgIpc) is 2.92. The van der Waals surface area contributed by atoms with Gasteiger partial charge in [-0.2, -0.15) is 0 Å². The number of benzene rings is 1. The van der Waals surface area contributed by atoms with Gasteiger partial charge in [0.15, 0.2) is 0 Å². The lowest BCUT2D eigenvalue weighted by molar-refractivity contribution is -0.122. The van der Waals surface area contributed by atoms with Crippen LogP contribution in [-0.4, -0.2) is 96.9 Å². The lowest BCUT2D eigenvalue weighted by Crippen LogP contribution is -2.63. The normalized spacial score (nSPS) is 28.1. The predicted octanol–water partition coefficient (Wildman–Crippen LogP) is 3.09. The molecule has 5 rings (SSSR count). The summed E-state index contributed by atoms with van der Waals surface area (Å²) in [6.45, 7) is 13.6. The second-order valence-electron chi connectivity index (χ2n) is 11.4. The Labute approximate surface area is 231 Å². The summed E-state index contributed by atoms with van der Waals surface area (Å²) in [7, 11) is 0. The van der Waals surface area contributed by atoms with E-state index in [2.05, 4.69) is 47.8 Å². The number of carbonyl (C=O) groups is 1. The number of hydrogen-bond donors (Lipinski definition) is 1. The topological polar surface area (TPSA) is 70.2 Å². The summed E-state index contributed by atoms with van der Waals surface area (Å²) in [6.07, 6.45) is 3.18. The van der Waals surface area contributed by atoms with Crippen molar-refractivity contribution in [2.24, 2.45) is 0 Å². The van der Waals surface area contributed by atoms with Crippen molar-refractivity contribution < 1.29 is 18.7 Å². The third-order valence-corrected chi connectivity index (χ3v) is 8.32. The number of fused-ring (bicyclic) bond motifs is 1. The number of halogens is 1. The SMILES string of the molecule is CCC1COc2ncc(Cc3ccc(F)cc3)cc2N1C(=O)CN1C[C@@H](C)NC[C@@H]1CN1[C@H](C)COC[C@H]1C. The molecule has 212 valence electrons. The molecule has 3 aliphatic rings. The molecule has 8 nitrogen and oxygen atoms in total. The number of hydrogen-bond acceptors (Lipinski definition) is 7. The molecule has 2 saturated heterocycles. The lowest BCUT2D eigenvalue weighted by atomic mass is 10.0. The van der Waals surface area contributed by atoms with Gasteiger partial charge < -0.3 is 14.8 Å². The van der Waals surface area contributed by atoms with Gasteiger partial charge in [0.2, 0.25) is 11.8 Å². The molecular weight excluding hydrogens is 497 g/mol. The number of nitrogens with one attached hydrogen (secondary N) is 1. The molecule has 1 aromatic heterocycles. The molecule has 1 amide bonds. The highest BCUT2D eigenvalue weighted by Gasteiger charge is 2.37. The number of anilines is 1. The van der Waals surface area contributed by atoms with Crippen molar-refractivity contribution in [2.45, 2.75) is 70.7 Å². The maximum atomic E-state index is 14.1. The van der Waals surface area contributed by atoms with Gasteiger partial charge in [-0.15, -0.1) is 0 Å². The van der Waals surface area contributed by atoms with E-state index in [-0.39, 0.29) is 23.8 Å². The summed E-state index contributed by atoms with van der Waals surface area (Å²) in [5.74, 6) is 0.322. The summed E-state index contributed by atoms with van der Waals surface area (Å²) in [5, 5.41) is 3.63. The highest BCUT2D eigenvalue weighted by Crippen LogP contribution is 2.34. The van der Waals surface area contributed by atoms with Gasteiger partial charge in [0.25, 0.3) is 0 Å². The van der Waals surface area contributed by atoms with Crippen LogP contribution in [0.1, 0.15) is 45.2 Å². The van der Waals surface area contributed by atoms with Crippen molar-refractivity contribution >= 4 is 11.6 Å². The molecule has 2 fully saturated rings. The Balaban J connectivity index is 1.36. The maximum absolute atomic E-state index is 14.1. The van der Waals surface area contributed by atoms with Crippen LogP contribution in [0.5, 0.6) is 5.88 Å². The second kappa shape index (κ2) is 12.3. The van der Waals surface area contributed by atoms with Crippen molar-refractivity contribution in [1.29, 1.82) is 0 Å². The third kappa shape index (κ3) is 6.43. The highest BCUT2D eigenvalue weighted by atomic mass is 19.1. The zero-order chi connectivity index (χ0) is 27.5. The summed E-state index contributed by atoms with van der Waals surface area (Å²) in [6, 6.07) is 9.72. The first-order chi connectivity index (χ1) is 18.8. The smallest absolute Gasteiger partial charge is 0.241 e. The van der Waals surface area contributed by atoms with Gasteiger partial charge in [0.05, 0.1) is 25.8 Å². The van der Waals surface area contributed by atoms with Gasteiger partial charge in [0, 0.05) is 50.0 Å². The second-order valence-corrected chi connectivity index (χ2v) is 11.4. The van der Waals surface area contributed by atoms with Gasteiger partial charge in [-0.1, -0.05) is 19.1 Å². The van der Waals surface area contributed by atoms with Crippen molar-refractivity contribution in [1.82, 2.24) is 20.1 Å². The largest absolute Gasteiger partial charge is 0.474 e. The monoisotopic (exact) mass is 539 g/mol. The lowest BCUT2D eigenvalue weighted by Gasteiger charge is -2.46. The Morgan fingerprint density at radius 2 is 1.82 bits per heavy atom. The zero-order valence-corrected chi connectivity index (χ0v) is 23.6. The molecule has 3 aliphatic heterocycles. The van der Waals surface area contributed by atoms with Gasteiger partial charge in [-0.3, -0.25) is 19.5 Å². The third-order valence-electron chi connectivity index (χ3n) is 8.32. The zero-order valence-electron chi connectivity index (χ0n) is 23.6. The van der Waals surface area contributed by atoms with Crippen LogP contribution in [0.3, 0.4) is 0 Å². The van der Waals surface area contributed by atoms with Crippen LogP contribution in [0.25, 0.3) is 0 Å². The van der Waals surface area contributed by atoms with E-state index in [0.717, 1.165) is 56.1 Å². The summed E-state index contributed by atoms with van der Waals surface area (Å²) in [5.41, 5.74) is 2.68. The van der Waals surface area contributed by atoms with Crippen molar-refractivity contribution in [3.63, 3.8) is 0 Å². The van der Waals surface area contributed by atoms with Gasteiger partial charge >= 0.3 is 0 Å². The van der Waals surface area contributed by atoms with Crippen LogP contribution in [0.15, 0.2) is 36.5 Å². The van der Waals surface area contributed by atoms with E-state index in [1.807, 2.05) is 11.0 Å². The van der Waals surface area contributed by atoms with Crippen LogP contribution in [-0.2, 0) is 16.0 Å². The number of nitrogens with zero attached hydrogens (tertiary/aromatic N) is 4. The quantitative estimate of drug-likeness (QED) is 0.580. The van der Waals surface area contributed by atoms with Crippen LogP contribution in [0, 0.1) is 5.82 Å². The first-order valence-electron chi connectivity index (χ1n) is 14.3. The molecule has 1 N–H and O–H groups in total. The number of morpholine rings is 1. The molecule has 2 aromatic rings. The number of amides is 1. The van der Waals surface area contributed by atoms with E-state index in [1.54, 1.807) is 18.3 Å². The van der Waals surface area contributed by atoms with Crippen LogP contribution >= 0.6 is 0 Å². The molecule has 0 radical (unpaired) electrons. The van der Waals surface area contributed by atoms with Crippen molar-refractivity contribution in [2.75, 3.05) is 50.9 Å². The number of pyridine rings is 1. The molecule has 9 heteroatoms. The Morgan fingerprint density at radius 1 is 1.08 bits per heavy atom. The van der Waals surface area contributed by atoms with Crippen LogP contribution in [0.4, 0.5) is 10.1 Å². The van der Waals surface area contributed by atoms with Crippen molar-refractivity contribution in [3.8, 4) is 5.88 Å². The number of ether oxygens (including phenoxy) is 2. The summed E-state index contributed by atoms with van der Waals surface area (Å²) in [4.78, 5) is 25.5. The fraction of sp³-hybridized carbons (Fsp3) is 0.600. The molecule has 0 saturated carbocycles. The minimum Gasteiger partial charge on any atom is -0.474 e. The molecule has 0 aliphatic carbocycles. The number of aromatic nitrogens is 1. The Kier molecular flexibility index (Phi) is 8.81. The van der Waals surface area contributed by atoms with Crippen LogP contribution in [0.2, 0.25) is 0 Å². The molecule has 1 unspecified atom stereocenters. The molecule has 0 spiro atoms. The van der Waals surface area contributed by atoms with E-state index in [1.165, 1.54) is 12.1 Å².